The van der Waals surface area contributed by atoms with Crippen LogP contribution in [0.5, 0.6) is 5.75 Å². The molecule has 0 aliphatic carbocycles. The molecule has 186 valence electrons. The number of carbonyl (C=O) groups is 2. The molecule has 2 heterocycles. The molecule has 4 aromatic rings. The fourth-order valence-electron chi connectivity index (χ4n) is 4.44. The van der Waals surface area contributed by atoms with Gasteiger partial charge in [0.25, 0.3) is 11.8 Å². The van der Waals surface area contributed by atoms with E-state index in [1.165, 1.54) is 11.1 Å². The van der Waals surface area contributed by atoms with Gasteiger partial charge in [0.2, 0.25) is 0 Å². The molecule has 8 heteroatoms. The van der Waals surface area contributed by atoms with Crippen LogP contribution in [-0.2, 0) is 4.79 Å². The van der Waals surface area contributed by atoms with Gasteiger partial charge in [0, 0.05) is 11.3 Å². The number of nitrogens with one attached hydrogen (secondary N) is 2. The molecular formula is C29H26N4O4. The molecule has 0 saturated heterocycles. The maximum absolute atomic E-state index is 13.5. The third-order valence-corrected chi connectivity index (χ3v) is 6.21. The number of nitrogens with zero attached hydrogens (tertiary/aromatic N) is 2. The average Bonchev–Trinajstić information content (AvgIpc) is 3.49. The van der Waals surface area contributed by atoms with E-state index in [-0.39, 0.29) is 17.1 Å². The topological polar surface area (TPSA) is 108 Å². The minimum Gasteiger partial charge on any atom is -0.503 e. The van der Waals surface area contributed by atoms with Gasteiger partial charge in [-0.05, 0) is 49.2 Å². The Balaban J connectivity index is 1.53. The predicted molar refractivity (Wildman–Crippen MR) is 142 cm³/mol. The van der Waals surface area contributed by atoms with Crippen LogP contribution in [0.2, 0.25) is 0 Å². The van der Waals surface area contributed by atoms with Crippen LogP contribution in [0, 0.1) is 6.92 Å². The minimum absolute atomic E-state index is 0.168. The number of anilines is 2. The monoisotopic (exact) mass is 494 g/mol. The lowest BCUT2D eigenvalue weighted by molar-refractivity contribution is -0.117. The Bertz CT molecular complexity index is 1460. The Labute approximate surface area is 214 Å². The lowest BCUT2D eigenvalue weighted by Crippen LogP contribution is -2.32. The highest BCUT2D eigenvalue weighted by atomic mass is 16.5. The van der Waals surface area contributed by atoms with Crippen molar-refractivity contribution in [3.63, 3.8) is 0 Å². The number of aliphatic hydroxyl groups excluding tert-OH is 1. The lowest BCUT2D eigenvalue weighted by atomic mass is 9.93. The molecule has 0 spiro atoms. The molecule has 5 rings (SSSR count). The molecule has 0 fully saturated rings. The number of carbonyl (C=O) groups excluding carboxylic acids is 2. The summed E-state index contributed by atoms with van der Waals surface area (Å²) in [6.07, 6.45) is 1.37. The first kappa shape index (κ1) is 23.9. The first-order valence-electron chi connectivity index (χ1n) is 11.9. The summed E-state index contributed by atoms with van der Waals surface area (Å²) in [6, 6.07) is 23.3. The van der Waals surface area contributed by atoms with Crippen molar-refractivity contribution in [2.45, 2.75) is 19.9 Å². The second-order valence-electron chi connectivity index (χ2n) is 8.66. The molecule has 37 heavy (non-hydrogen) atoms. The van der Waals surface area contributed by atoms with E-state index in [4.69, 9.17) is 4.74 Å². The van der Waals surface area contributed by atoms with Crippen molar-refractivity contribution in [3.8, 4) is 5.75 Å². The highest BCUT2D eigenvalue weighted by Gasteiger charge is 2.44. The number of benzene rings is 3. The van der Waals surface area contributed by atoms with Gasteiger partial charge in [-0.3, -0.25) is 19.6 Å². The zero-order valence-corrected chi connectivity index (χ0v) is 20.4. The van der Waals surface area contributed by atoms with Crippen LogP contribution in [0.4, 0.5) is 11.5 Å². The van der Waals surface area contributed by atoms with Gasteiger partial charge in [-0.2, -0.15) is 5.10 Å². The molecule has 0 bridgehead atoms. The van der Waals surface area contributed by atoms with Crippen LogP contribution < -0.4 is 15.0 Å². The van der Waals surface area contributed by atoms with Crippen LogP contribution in [0.3, 0.4) is 0 Å². The third kappa shape index (κ3) is 4.56. The SMILES string of the molecule is CCOc1ccc(NC(=O)c2cn[nH]c2N2C(=O)C(O)=C(c3ccccc3)[C@H]2c2ccc(C)cc2)cc1. The van der Waals surface area contributed by atoms with Gasteiger partial charge in [-0.25, -0.2) is 0 Å². The van der Waals surface area contributed by atoms with Gasteiger partial charge in [-0.15, -0.1) is 0 Å². The Morgan fingerprint density at radius 3 is 2.43 bits per heavy atom. The second-order valence-corrected chi connectivity index (χ2v) is 8.66. The van der Waals surface area contributed by atoms with E-state index in [1.54, 1.807) is 24.3 Å². The lowest BCUT2D eigenvalue weighted by Gasteiger charge is -2.27. The molecule has 3 aromatic carbocycles. The van der Waals surface area contributed by atoms with Crippen molar-refractivity contribution in [2.24, 2.45) is 0 Å². The van der Waals surface area contributed by atoms with Gasteiger partial charge in [0.05, 0.1) is 18.8 Å². The van der Waals surface area contributed by atoms with Crippen LogP contribution in [0.25, 0.3) is 5.57 Å². The number of ether oxygens (including phenoxy) is 1. The van der Waals surface area contributed by atoms with Gasteiger partial charge in [0.15, 0.2) is 5.76 Å². The van der Waals surface area contributed by atoms with E-state index in [9.17, 15) is 14.7 Å². The number of hydrogen-bond donors (Lipinski definition) is 3. The summed E-state index contributed by atoms with van der Waals surface area (Å²) < 4.78 is 5.45. The van der Waals surface area contributed by atoms with Gasteiger partial charge < -0.3 is 15.2 Å². The van der Waals surface area contributed by atoms with E-state index >= 15 is 0 Å². The van der Waals surface area contributed by atoms with Crippen molar-refractivity contribution < 1.29 is 19.4 Å². The average molecular weight is 495 g/mol. The first-order valence-corrected chi connectivity index (χ1v) is 11.9. The number of aliphatic hydroxyl groups is 1. The molecular weight excluding hydrogens is 468 g/mol. The van der Waals surface area contributed by atoms with Gasteiger partial charge >= 0.3 is 0 Å². The number of H-pyrrole nitrogens is 1. The van der Waals surface area contributed by atoms with Crippen molar-refractivity contribution in [3.05, 3.63) is 113 Å². The molecule has 1 aliphatic heterocycles. The molecule has 0 radical (unpaired) electrons. The Morgan fingerprint density at radius 1 is 1.05 bits per heavy atom. The smallest absolute Gasteiger partial charge is 0.295 e. The third-order valence-electron chi connectivity index (χ3n) is 6.21. The fraction of sp³-hybridized carbons (Fsp3) is 0.138. The molecule has 0 unspecified atom stereocenters. The molecule has 3 N–H and O–H groups in total. The molecule has 8 nitrogen and oxygen atoms in total. The molecule has 2 amide bonds. The summed E-state index contributed by atoms with van der Waals surface area (Å²) in [5.74, 6) is -0.552. The quantitative estimate of drug-likeness (QED) is 0.318. The zero-order chi connectivity index (χ0) is 25.9. The summed E-state index contributed by atoms with van der Waals surface area (Å²) >= 11 is 0. The van der Waals surface area contributed by atoms with Crippen molar-refractivity contribution in [1.82, 2.24) is 10.2 Å². The van der Waals surface area contributed by atoms with Crippen molar-refractivity contribution in [1.29, 1.82) is 0 Å². The fourth-order valence-corrected chi connectivity index (χ4v) is 4.44. The predicted octanol–water partition coefficient (Wildman–Crippen LogP) is 5.43. The summed E-state index contributed by atoms with van der Waals surface area (Å²) in [5, 5.41) is 20.8. The maximum atomic E-state index is 13.5. The van der Waals surface area contributed by atoms with Gasteiger partial charge in [0.1, 0.15) is 17.1 Å². The van der Waals surface area contributed by atoms with Crippen LogP contribution in [0.1, 0.15) is 40.0 Å². The first-order chi connectivity index (χ1) is 18.0. The number of amides is 2. The number of hydrogen-bond acceptors (Lipinski definition) is 5. The van der Waals surface area contributed by atoms with E-state index in [2.05, 4.69) is 15.5 Å². The van der Waals surface area contributed by atoms with Gasteiger partial charge in [-0.1, -0.05) is 60.2 Å². The summed E-state index contributed by atoms with van der Waals surface area (Å²) in [4.78, 5) is 28.2. The van der Waals surface area contributed by atoms with Crippen molar-refractivity contribution in [2.75, 3.05) is 16.8 Å². The Morgan fingerprint density at radius 2 is 1.76 bits per heavy atom. The number of aryl methyl sites for hydroxylation is 1. The number of aromatic nitrogens is 2. The van der Waals surface area contributed by atoms with Crippen LogP contribution in [-0.4, -0.2) is 33.7 Å². The zero-order valence-electron chi connectivity index (χ0n) is 20.4. The van der Waals surface area contributed by atoms with Crippen LogP contribution in [0.15, 0.2) is 90.8 Å². The van der Waals surface area contributed by atoms with E-state index < -0.39 is 17.9 Å². The number of rotatable bonds is 7. The molecule has 1 atom stereocenters. The summed E-state index contributed by atoms with van der Waals surface area (Å²) in [5.41, 5.74) is 3.75. The standard InChI is InChI=1S/C29H26N4O4/c1-3-37-22-15-13-21(14-16-22)31-28(35)23-17-30-32-27(23)33-25(20-11-9-18(2)10-12-20)24(26(34)29(33)36)19-7-5-4-6-8-19/h4-17,25,34H,3H2,1-2H3,(H,30,32)(H,31,35)/t25-/m1/s1. The maximum Gasteiger partial charge on any atom is 0.295 e. The molecule has 0 saturated carbocycles. The van der Waals surface area contributed by atoms with Crippen molar-refractivity contribution >= 4 is 28.9 Å². The normalized spacial score (nSPS) is 15.2. The molecule has 1 aliphatic rings. The number of aromatic amines is 1. The highest BCUT2D eigenvalue weighted by molar-refractivity contribution is 6.18. The van der Waals surface area contributed by atoms with E-state index in [0.717, 1.165) is 11.1 Å². The van der Waals surface area contributed by atoms with E-state index in [1.807, 2.05) is 68.4 Å². The Kier molecular flexibility index (Phi) is 6.47. The Hall–Kier alpha value is -4.85. The summed E-state index contributed by atoms with van der Waals surface area (Å²) in [7, 11) is 0. The van der Waals surface area contributed by atoms with E-state index in [0.29, 0.717) is 29.2 Å². The second kappa shape index (κ2) is 10.0. The highest BCUT2D eigenvalue weighted by Crippen LogP contribution is 2.45. The largest absolute Gasteiger partial charge is 0.503 e. The van der Waals surface area contributed by atoms with Crippen LogP contribution >= 0.6 is 0 Å². The minimum atomic E-state index is -0.673. The summed E-state index contributed by atoms with van der Waals surface area (Å²) in [6.45, 7) is 4.42. The molecule has 1 aromatic heterocycles.